The molecule has 0 unspecified atom stereocenters. The number of halogens is 2. The number of rotatable bonds is 4. The van der Waals surface area contributed by atoms with Gasteiger partial charge < -0.3 is 9.84 Å². The number of hydrogen-bond donors (Lipinski definition) is 2. The first-order chi connectivity index (χ1) is 12.4. The van der Waals surface area contributed by atoms with Crippen molar-refractivity contribution in [1.82, 2.24) is 5.32 Å². The molecule has 2 N–H and O–H groups in total. The van der Waals surface area contributed by atoms with Crippen molar-refractivity contribution in [3.63, 3.8) is 0 Å². The molecule has 2 atom stereocenters. The van der Waals surface area contributed by atoms with E-state index >= 15 is 0 Å². The summed E-state index contributed by atoms with van der Waals surface area (Å²) in [7, 11) is 1.66. The normalized spacial score (nSPS) is 20.2. The number of benzene rings is 2. The van der Waals surface area contributed by atoms with Gasteiger partial charge in [-0.15, -0.1) is 0 Å². The highest BCUT2D eigenvalue weighted by Crippen LogP contribution is 2.38. The Bertz CT molecular complexity index is 819. The third kappa shape index (κ3) is 4.13. The molecule has 6 heteroatoms. The van der Waals surface area contributed by atoms with Gasteiger partial charge in [-0.25, -0.2) is 0 Å². The molecule has 0 aromatic heterocycles. The monoisotopic (exact) mass is 480 g/mol. The number of nitrogens with one attached hydrogen (secondary N) is 1. The van der Waals surface area contributed by atoms with Gasteiger partial charge in [-0.3, -0.25) is 10.3 Å². The van der Waals surface area contributed by atoms with Gasteiger partial charge in [0.1, 0.15) is 17.7 Å². The summed E-state index contributed by atoms with van der Waals surface area (Å²) in [6.07, 6.45) is 0.689. The first kappa shape index (κ1) is 19.4. The molecule has 0 spiro atoms. The number of nitrogens with zero attached hydrogens (tertiary/aromatic N) is 1. The van der Waals surface area contributed by atoms with E-state index in [1.165, 1.54) is 0 Å². The van der Waals surface area contributed by atoms with Gasteiger partial charge in [0, 0.05) is 28.2 Å². The Morgan fingerprint density at radius 3 is 2.50 bits per heavy atom. The van der Waals surface area contributed by atoms with Crippen molar-refractivity contribution in [3.05, 3.63) is 56.5 Å². The van der Waals surface area contributed by atoms with Crippen molar-refractivity contribution in [2.24, 2.45) is 10.9 Å². The fourth-order valence-corrected chi connectivity index (χ4v) is 4.34. The fourth-order valence-electron chi connectivity index (χ4n) is 3.08. The van der Waals surface area contributed by atoms with Crippen LogP contribution in [-0.4, -0.2) is 24.1 Å². The number of phenolic OH excluding ortho intramolecular Hbond substituents is 1. The highest BCUT2D eigenvalue weighted by atomic mass is 79.9. The van der Waals surface area contributed by atoms with Gasteiger partial charge in [0.2, 0.25) is 0 Å². The lowest BCUT2D eigenvalue weighted by Gasteiger charge is -2.32. The Hall–Kier alpha value is -1.37. The standard InChI is InChI=1S/C20H22Br2N2O2/c1-11(2)20-23-17(12-4-6-14(26-3)7-5-12)10-18(24-20)15-8-13(21)9-16(22)19(15)25/h4-9,11,18,20,24-25H,10H2,1-3H3/t18-,20-/m0/s1. The maximum atomic E-state index is 10.6. The van der Waals surface area contributed by atoms with Crippen LogP contribution < -0.4 is 10.1 Å². The second-order valence-electron chi connectivity index (χ2n) is 6.74. The van der Waals surface area contributed by atoms with Crippen LogP contribution in [-0.2, 0) is 0 Å². The molecular formula is C20H22Br2N2O2. The number of hydrogen-bond acceptors (Lipinski definition) is 4. The lowest BCUT2D eigenvalue weighted by molar-refractivity contribution is 0.345. The molecule has 0 aliphatic carbocycles. The first-order valence-electron chi connectivity index (χ1n) is 8.54. The van der Waals surface area contributed by atoms with Crippen LogP contribution in [0.3, 0.4) is 0 Å². The zero-order chi connectivity index (χ0) is 18.8. The van der Waals surface area contributed by atoms with Gasteiger partial charge in [0.05, 0.1) is 11.6 Å². The minimum absolute atomic E-state index is 0.0111. The van der Waals surface area contributed by atoms with Crippen LogP contribution in [0.25, 0.3) is 0 Å². The van der Waals surface area contributed by atoms with Crippen molar-refractivity contribution in [2.75, 3.05) is 7.11 Å². The Labute approximate surface area is 170 Å². The van der Waals surface area contributed by atoms with E-state index in [0.29, 0.717) is 16.8 Å². The second-order valence-corrected chi connectivity index (χ2v) is 8.51. The molecule has 1 heterocycles. The molecule has 2 aromatic carbocycles. The van der Waals surface area contributed by atoms with Crippen LogP contribution in [0.5, 0.6) is 11.5 Å². The van der Waals surface area contributed by atoms with Gasteiger partial charge in [-0.1, -0.05) is 29.8 Å². The molecular weight excluding hydrogens is 460 g/mol. The summed E-state index contributed by atoms with van der Waals surface area (Å²) in [6, 6.07) is 11.8. The van der Waals surface area contributed by atoms with Crippen molar-refractivity contribution >= 4 is 37.6 Å². The average molecular weight is 482 g/mol. The van der Waals surface area contributed by atoms with E-state index < -0.39 is 0 Å². The Kier molecular flexibility index (Phi) is 6.05. The Morgan fingerprint density at radius 2 is 1.88 bits per heavy atom. The molecule has 0 amide bonds. The predicted octanol–water partition coefficient (Wildman–Crippen LogP) is 5.43. The van der Waals surface area contributed by atoms with Gasteiger partial charge in [-0.2, -0.15) is 0 Å². The molecule has 138 valence electrons. The molecule has 3 rings (SSSR count). The third-order valence-corrected chi connectivity index (χ3v) is 5.61. The molecule has 0 radical (unpaired) electrons. The third-order valence-electron chi connectivity index (χ3n) is 4.55. The molecule has 2 aromatic rings. The van der Waals surface area contributed by atoms with Gasteiger partial charge in [0.15, 0.2) is 0 Å². The Balaban J connectivity index is 1.98. The molecule has 1 aliphatic heterocycles. The van der Waals surface area contributed by atoms with Crippen LogP contribution in [0.2, 0.25) is 0 Å². The number of ether oxygens (including phenoxy) is 1. The second kappa shape index (κ2) is 8.11. The first-order valence-corrected chi connectivity index (χ1v) is 10.1. The maximum absolute atomic E-state index is 10.6. The van der Waals surface area contributed by atoms with Crippen molar-refractivity contribution in [2.45, 2.75) is 32.5 Å². The van der Waals surface area contributed by atoms with Crippen LogP contribution >= 0.6 is 31.9 Å². The van der Waals surface area contributed by atoms with E-state index in [2.05, 4.69) is 51.0 Å². The zero-order valence-corrected chi connectivity index (χ0v) is 18.1. The quantitative estimate of drug-likeness (QED) is 0.611. The summed E-state index contributed by atoms with van der Waals surface area (Å²) < 4.78 is 6.86. The largest absolute Gasteiger partial charge is 0.506 e. The highest BCUT2D eigenvalue weighted by molar-refractivity contribution is 9.11. The van der Waals surface area contributed by atoms with E-state index in [-0.39, 0.29) is 18.0 Å². The van der Waals surface area contributed by atoms with Gasteiger partial charge >= 0.3 is 0 Å². The molecule has 0 fully saturated rings. The van der Waals surface area contributed by atoms with E-state index in [1.54, 1.807) is 7.11 Å². The molecule has 1 aliphatic rings. The number of aromatic hydroxyl groups is 1. The average Bonchev–Trinajstić information content (AvgIpc) is 2.64. The number of phenols is 1. The molecule has 0 saturated carbocycles. The van der Waals surface area contributed by atoms with E-state index in [1.807, 2.05) is 36.4 Å². The lowest BCUT2D eigenvalue weighted by atomic mass is 9.93. The van der Waals surface area contributed by atoms with Crippen molar-refractivity contribution < 1.29 is 9.84 Å². The van der Waals surface area contributed by atoms with E-state index in [0.717, 1.165) is 27.1 Å². The maximum Gasteiger partial charge on any atom is 0.134 e. The summed E-state index contributed by atoms with van der Waals surface area (Å²) >= 11 is 6.95. The van der Waals surface area contributed by atoms with Crippen LogP contribution in [0, 0.1) is 5.92 Å². The smallest absolute Gasteiger partial charge is 0.134 e. The fraction of sp³-hybridized carbons (Fsp3) is 0.350. The van der Waals surface area contributed by atoms with Crippen LogP contribution in [0.15, 0.2) is 50.3 Å². The molecule has 0 bridgehead atoms. The summed E-state index contributed by atoms with van der Waals surface area (Å²) in [6.45, 7) is 4.29. The number of methoxy groups -OCH3 is 1. The predicted molar refractivity (Wildman–Crippen MR) is 112 cm³/mol. The van der Waals surface area contributed by atoms with Crippen molar-refractivity contribution in [3.8, 4) is 11.5 Å². The van der Waals surface area contributed by atoms with Crippen LogP contribution in [0.1, 0.15) is 37.4 Å². The Morgan fingerprint density at radius 1 is 1.19 bits per heavy atom. The summed E-state index contributed by atoms with van der Waals surface area (Å²) in [5, 5.41) is 14.1. The van der Waals surface area contributed by atoms with Gasteiger partial charge in [-0.05, 0) is 63.8 Å². The zero-order valence-electron chi connectivity index (χ0n) is 15.0. The summed E-state index contributed by atoms with van der Waals surface area (Å²) in [4.78, 5) is 4.92. The lowest BCUT2D eigenvalue weighted by Crippen LogP contribution is -2.41. The SMILES string of the molecule is COc1ccc(C2=N[C@H](C(C)C)N[C@H](c3cc(Br)cc(Br)c3O)C2)cc1. The summed E-state index contributed by atoms with van der Waals surface area (Å²) in [5.41, 5.74) is 2.97. The topological polar surface area (TPSA) is 53.8 Å². The minimum Gasteiger partial charge on any atom is -0.506 e. The number of aliphatic imine (C=N–C) groups is 1. The highest BCUT2D eigenvalue weighted by Gasteiger charge is 2.29. The van der Waals surface area contributed by atoms with E-state index in [9.17, 15) is 5.11 Å². The summed E-state index contributed by atoms with van der Waals surface area (Å²) in [5.74, 6) is 1.43. The molecule has 0 saturated heterocycles. The van der Waals surface area contributed by atoms with Crippen molar-refractivity contribution in [1.29, 1.82) is 0 Å². The minimum atomic E-state index is -0.0224. The van der Waals surface area contributed by atoms with E-state index in [4.69, 9.17) is 9.73 Å². The van der Waals surface area contributed by atoms with Crippen LogP contribution in [0.4, 0.5) is 0 Å². The van der Waals surface area contributed by atoms with Gasteiger partial charge in [0.25, 0.3) is 0 Å². The molecule has 26 heavy (non-hydrogen) atoms. The molecule has 4 nitrogen and oxygen atoms in total.